The van der Waals surface area contributed by atoms with E-state index in [2.05, 4.69) is 0 Å². The zero-order valence-electron chi connectivity index (χ0n) is 9.53. The second kappa shape index (κ2) is 5.89. The maximum atomic E-state index is 12.9. The quantitative estimate of drug-likeness (QED) is 0.636. The lowest BCUT2D eigenvalue weighted by atomic mass is 10.2. The van der Waals surface area contributed by atoms with Gasteiger partial charge in [0, 0.05) is 12.1 Å². The zero-order valence-corrected chi connectivity index (χ0v) is 10.3. The number of nitro groups is 1. The fraction of sp³-hybridized carbons (Fsp3) is 0.300. The van der Waals surface area contributed by atoms with Crippen molar-refractivity contribution in [1.82, 2.24) is 5.32 Å². The van der Waals surface area contributed by atoms with Crippen LogP contribution in [0, 0.1) is 10.1 Å². The maximum absolute atomic E-state index is 12.9. The third kappa shape index (κ3) is 4.11. The van der Waals surface area contributed by atoms with Crippen LogP contribution < -0.4 is 11.1 Å². The van der Waals surface area contributed by atoms with E-state index in [0.717, 1.165) is 18.2 Å². The van der Waals surface area contributed by atoms with E-state index < -0.39 is 29.8 Å². The van der Waals surface area contributed by atoms with Crippen LogP contribution in [0.4, 0.5) is 14.5 Å². The predicted octanol–water partition coefficient (Wildman–Crippen LogP) is 1.57. The smallest absolute Gasteiger partial charge is 0.277 e. The summed E-state index contributed by atoms with van der Waals surface area (Å²) < 4.78 is 25.7. The molecule has 0 aromatic heterocycles. The number of carbonyl (C=O) groups is 1. The van der Waals surface area contributed by atoms with Crippen LogP contribution in [0.2, 0.25) is 5.02 Å². The van der Waals surface area contributed by atoms with Crippen LogP contribution in [-0.4, -0.2) is 29.8 Å². The van der Waals surface area contributed by atoms with Crippen LogP contribution in [0.3, 0.4) is 0 Å². The summed E-state index contributed by atoms with van der Waals surface area (Å²) in [4.78, 5) is 21.4. The molecule has 0 aliphatic carbocycles. The van der Waals surface area contributed by atoms with E-state index in [4.69, 9.17) is 17.3 Å². The molecule has 0 spiro atoms. The normalized spacial score (nSPS) is 11.2. The molecule has 0 aliphatic heterocycles. The Morgan fingerprint density at radius 2 is 2.16 bits per heavy atom. The first kappa shape index (κ1) is 15.3. The van der Waals surface area contributed by atoms with E-state index in [1.807, 2.05) is 5.32 Å². The third-order valence-corrected chi connectivity index (χ3v) is 2.54. The number of non-ortho nitro benzene ring substituents is 1. The molecule has 0 heterocycles. The van der Waals surface area contributed by atoms with Crippen LogP contribution in [0.15, 0.2) is 18.2 Å². The van der Waals surface area contributed by atoms with Gasteiger partial charge in [-0.15, -0.1) is 0 Å². The number of rotatable bonds is 5. The maximum Gasteiger partial charge on any atom is 0.277 e. The minimum Gasteiger partial charge on any atom is -0.346 e. The molecule has 0 radical (unpaired) electrons. The number of hydrogen-bond donors (Lipinski definition) is 2. The van der Waals surface area contributed by atoms with Gasteiger partial charge >= 0.3 is 0 Å². The highest BCUT2D eigenvalue weighted by atomic mass is 35.5. The number of nitro benzene ring substituents is 1. The Kier molecular flexibility index (Phi) is 4.73. The molecule has 1 aromatic carbocycles. The lowest BCUT2D eigenvalue weighted by molar-refractivity contribution is -0.384. The molecule has 0 saturated carbocycles. The Bertz CT molecular complexity index is 511. The first-order valence-corrected chi connectivity index (χ1v) is 5.44. The van der Waals surface area contributed by atoms with Crippen molar-refractivity contribution in [3.8, 4) is 0 Å². The largest absolute Gasteiger partial charge is 0.346 e. The van der Waals surface area contributed by atoms with Crippen LogP contribution in [0.5, 0.6) is 0 Å². The van der Waals surface area contributed by atoms with E-state index in [1.165, 1.54) is 0 Å². The Morgan fingerprint density at radius 1 is 1.53 bits per heavy atom. The second-order valence-electron chi connectivity index (χ2n) is 3.66. The van der Waals surface area contributed by atoms with Crippen molar-refractivity contribution in [2.24, 2.45) is 5.73 Å². The van der Waals surface area contributed by atoms with Gasteiger partial charge in [0.05, 0.1) is 28.6 Å². The lowest BCUT2D eigenvalue weighted by Gasteiger charge is -2.14. The predicted molar refractivity (Wildman–Crippen MR) is 64.4 cm³/mol. The van der Waals surface area contributed by atoms with E-state index in [1.54, 1.807) is 0 Å². The number of hydrogen-bond acceptors (Lipinski definition) is 4. The third-order valence-electron chi connectivity index (χ3n) is 2.21. The topological polar surface area (TPSA) is 98.3 Å². The standard InChI is InChI=1S/C10H10ClF2N3O3/c11-8-2-1-6(16(18)19)3-7(8)9(17)15-5-10(12,13)4-14/h1-3H,4-5,14H2,(H,15,17). The van der Waals surface area contributed by atoms with Gasteiger partial charge in [0.15, 0.2) is 0 Å². The molecule has 1 rings (SSSR count). The van der Waals surface area contributed by atoms with Crippen molar-refractivity contribution in [3.05, 3.63) is 38.9 Å². The van der Waals surface area contributed by atoms with Gasteiger partial charge in [-0.05, 0) is 6.07 Å². The van der Waals surface area contributed by atoms with Crippen LogP contribution in [0.1, 0.15) is 10.4 Å². The van der Waals surface area contributed by atoms with Gasteiger partial charge in [0.25, 0.3) is 17.5 Å². The monoisotopic (exact) mass is 293 g/mol. The Morgan fingerprint density at radius 3 is 2.68 bits per heavy atom. The molecule has 3 N–H and O–H groups in total. The van der Waals surface area contributed by atoms with E-state index in [9.17, 15) is 23.7 Å². The lowest BCUT2D eigenvalue weighted by Crippen LogP contribution is -2.41. The van der Waals surface area contributed by atoms with Crippen molar-refractivity contribution in [2.75, 3.05) is 13.1 Å². The first-order chi connectivity index (χ1) is 8.76. The van der Waals surface area contributed by atoms with Crippen molar-refractivity contribution in [1.29, 1.82) is 0 Å². The van der Waals surface area contributed by atoms with Crippen molar-refractivity contribution < 1.29 is 18.5 Å². The number of carbonyl (C=O) groups excluding carboxylic acids is 1. The minimum absolute atomic E-state index is 0.0702. The van der Waals surface area contributed by atoms with Crippen LogP contribution in [-0.2, 0) is 0 Å². The Labute approximate surface area is 111 Å². The van der Waals surface area contributed by atoms with Gasteiger partial charge in [0.2, 0.25) is 0 Å². The molecule has 0 unspecified atom stereocenters. The zero-order chi connectivity index (χ0) is 14.6. The van der Waals surface area contributed by atoms with Gasteiger partial charge in [-0.25, -0.2) is 8.78 Å². The number of alkyl halides is 2. The molecule has 0 bridgehead atoms. The molecule has 0 fully saturated rings. The average molecular weight is 294 g/mol. The van der Waals surface area contributed by atoms with Gasteiger partial charge in [-0.3, -0.25) is 14.9 Å². The molecular weight excluding hydrogens is 284 g/mol. The van der Waals surface area contributed by atoms with Gasteiger partial charge in [-0.2, -0.15) is 0 Å². The summed E-state index contributed by atoms with van der Waals surface area (Å²) in [5.41, 5.74) is 4.20. The molecule has 19 heavy (non-hydrogen) atoms. The van der Waals surface area contributed by atoms with Crippen molar-refractivity contribution >= 4 is 23.2 Å². The van der Waals surface area contributed by atoms with Gasteiger partial charge in [0.1, 0.15) is 0 Å². The Hall–Kier alpha value is -1.80. The molecule has 0 saturated heterocycles. The number of nitrogens with one attached hydrogen (secondary N) is 1. The number of halogens is 3. The first-order valence-electron chi connectivity index (χ1n) is 5.07. The number of amides is 1. The van der Waals surface area contributed by atoms with Crippen LogP contribution in [0.25, 0.3) is 0 Å². The summed E-state index contributed by atoms with van der Waals surface area (Å²) in [6.07, 6.45) is 0. The fourth-order valence-electron chi connectivity index (χ4n) is 1.18. The van der Waals surface area contributed by atoms with Gasteiger partial charge in [-0.1, -0.05) is 11.6 Å². The number of nitrogens with zero attached hydrogens (tertiary/aromatic N) is 1. The minimum atomic E-state index is -3.25. The molecule has 0 aliphatic rings. The average Bonchev–Trinajstić information content (AvgIpc) is 2.36. The highest BCUT2D eigenvalue weighted by molar-refractivity contribution is 6.33. The number of benzene rings is 1. The summed E-state index contributed by atoms with van der Waals surface area (Å²) in [5, 5.41) is 12.4. The fourth-order valence-corrected chi connectivity index (χ4v) is 1.38. The van der Waals surface area contributed by atoms with Crippen molar-refractivity contribution in [3.63, 3.8) is 0 Å². The van der Waals surface area contributed by atoms with E-state index in [-0.39, 0.29) is 16.3 Å². The summed E-state index contributed by atoms with van der Waals surface area (Å²) in [6.45, 7) is -1.89. The molecule has 6 nitrogen and oxygen atoms in total. The second-order valence-corrected chi connectivity index (χ2v) is 4.07. The summed E-state index contributed by atoms with van der Waals surface area (Å²) in [5.74, 6) is -4.18. The van der Waals surface area contributed by atoms with Crippen molar-refractivity contribution in [2.45, 2.75) is 5.92 Å². The van der Waals surface area contributed by atoms with Crippen LogP contribution >= 0.6 is 11.6 Å². The molecule has 9 heteroatoms. The summed E-state index contributed by atoms with van der Waals surface area (Å²) >= 11 is 5.68. The van der Waals surface area contributed by atoms with Gasteiger partial charge < -0.3 is 11.1 Å². The SMILES string of the molecule is NCC(F)(F)CNC(=O)c1cc([N+](=O)[O-])ccc1Cl. The van der Waals surface area contributed by atoms with E-state index in [0.29, 0.717) is 0 Å². The summed E-state index contributed by atoms with van der Waals surface area (Å²) in [6, 6.07) is 3.17. The molecular formula is C10H10ClF2N3O3. The molecule has 104 valence electrons. The number of nitrogens with two attached hydrogens (primary N) is 1. The summed E-state index contributed by atoms with van der Waals surface area (Å²) in [7, 11) is 0. The molecule has 0 atom stereocenters. The van der Waals surface area contributed by atoms with E-state index >= 15 is 0 Å². The highest BCUT2D eigenvalue weighted by Gasteiger charge is 2.28. The Balaban J connectivity index is 2.88. The molecule has 1 aromatic rings. The molecule has 1 amide bonds. The highest BCUT2D eigenvalue weighted by Crippen LogP contribution is 2.22.